The minimum absolute atomic E-state index is 0.230. The highest BCUT2D eigenvalue weighted by Crippen LogP contribution is 2.44. The van der Waals surface area contributed by atoms with Crippen LogP contribution in [0.1, 0.15) is 154 Å². The zero-order valence-corrected chi connectivity index (χ0v) is 30.2. The number of amides is 2. The van der Waals surface area contributed by atoms with Crippen molar-refractivity contribution in [2.24, 2.45) is 40.4 Å². The largest absolute Gasteiger partial charge is 0.390 e. The van der Waals surface area contributed by atoms with Crippen molar-refractivity contribution < 1.29 is 14.7 Å². The van der Waals surface area contributed by atoms with Gasteiger partial charge in [-0.3, -0.25) is 9.59 Å². The molecule has 1 N–H and O–H groups in total. The molecule has 248 valence electrons. The van der Waals surface area contributed by atoms with E-state index in [-0.39, 0.29) is 17.4 Å². The summed E-state index contributed by atoms with van der Waals surface area (Å²) in [5, 5.41) is 9.46. The van der Waals surface area contributed by atoms with Gasteiger partial charge in [-0.05, 0) is 91.8 Å². The summed E-state index contributed by atoms with van der Waals surface area (Å²) in [5.41, 5.74) is 0.710. The van der Waals surface area contributed by atoms with Crippen molar-refractivity contribution in [2.75, 3.05) is 26.2 Å². The number of likely N-dealkylation sites (tertiary alicyclic amines) is 2. The van der Waals surface area contributed by atoms with Gasteiger partial charge in [-0.2, -0.15) is 0 Å². The maximum Gasteiger partial charge on any atom is 0.219 e. The fourth-order valence-corrected chi connectivity index (χ4v) is 6.74. The molecule has 5 heteroatoms. The summed E-state index contributed by atoms with van der Waals surface area (Å²) in [7, 11) is 0. The van der Waals surface area contributed by atoms with Crippen LogP contribution in [0, 0.1) is 40.4 Å². The SMILES string of the molecule is CC(=O)N1CCC(C(C)C)C1.CC(=O)N1CCC(C(C)C)CC1.CC(C)(C)CC1(O)CC1.CC(C)C1(C)CCCCC1. The van der Waals surface area contributed by atoms with Gasteiger partial charge in [0.1, 0.15) is 0 Å². The number of aliphatic hydroxyl groups is 1. The highest BCUT2D eigenvalue weighted by molar-refractivity contribution is 5.73. The first-order chi connectivity index (χ1) is 19.3. The summed E-state index contributed by atoms with van der Waals surface area (Å²) in [5.74, 6) is 4.41. The van der Waals surface area contributed by atoms with E-state index >= 15 is 0 Å². The molecule has 2 amide bonds. The number of carbonyl (C=O) groups is 2. The Balaban J connectivity index is 0.000000281. The van der Waals surface area contributed by atoms with Crippen LogP contribution >= 0.6 is 0 Å². The predicted molar refractivity (Wildman–Crippen MR) is 179 cm³/mol. The molecule has 2 saturated heterocycles. The van der Waals surface area contributed by atoms with Gasteiger partial charge in [-0.25, -0.2) is 0 Å². The second-order valence-electron chi connectivity index (χ2n) is 16.7. The van der Waals surface area contributed by atoms with Crippen LogP contribution in [0.4, 0.5) is 0 Å². The van der Waals surface area contributed by atoms with Gasteiger partial charge >= 0.3 is 0 Å². The molecule has 4 fully saturated rings. The van der Waals surface area contributed by atoms with Crippen molar-refractivity contribution in [1.82, 2.24) is 9.80 Å². The molecule has 0 aromatic carbocycles. The lowest BCUT2D eigenvalue weighted by atomic mass is 9.69. The van der Waals surface area contributed by atoms with E-state index in [2.05, 4.69) is 69.2 Å². The minimum Gasteiger partial charge on any atom is -0.390 e. The van der Waals surface area contributed by atoms with Gasteiger partial charge in [-0.1, -0.05) is 88.5 Å². The molecule has 4 aliphatic rings. The van der Waals surface area contributed by atoms with Crippen LogP contribution in [0.3, 0.4) is 0 Å². The molecule has 0 bridgehead atoms. The molecule has 42 heavy (non-hydrogen) atoms. The average Bonchev–Trinajstić information content (AvgIpc) is 3.38. The summed E-state index contributed by atoms with van der Waals surface area (Å²) in [6.45, 7) is 29.9. The zero-order chi connectivity index (χ0) is 32.3. The standard InChI is InChI=1S/C10H19NO.C10H20.C9H17NO.C8H16O/c1-8(2)10-4-6-11(7-5-10)9(3)12;1-9(2)10(3)7-5-4-6-8-10;1-7(2)9-4-5-10(6-9)8(3)11;1-7(2,3)6-8(9)4-5-8/h8,10H,4-7H2,1-3H3;9H,4-8H2,1-3H3;7,9H,4-6H2,1-3H3;9H,4-6H2,1-3H3. The molecule has 2 saturated carbocycles. The minimum atomic E-state index is -0.266. The maximum atomic E-state index is 11.0. The van der Waals surface area contributed by atoms with Crippen molar-refractivity contribution in [3.8, 4) is 0 Å². The van der Waals surface area contributed by atoms with E-state index in [1.807, 2.05) is 9.80 Å². The van der Waals surface area contributed by atoms with Gasteiger partial charge in [0, 0.05) is 40.0 Å². The van der Waals surface area contributed by atoms with Crippen molar-refractivity contribution in [3.63, 3.8) is 0 Å². The highest BCUT2D eigenvalue weighted by Gasteiger charge is 2.42. The van der Waals surface area contributed by atoms with E-state index in [0.717, 1.165) is 75.0 Å². The quantitative estimate of drug-likeness (QED) is 0.354. The first-order valence-corrected chi connectivity index (χ1v) is 17.5. The number of rotatable bonds is 4. The fraction of sp³-hybridized carbons (Fsp3) is 0.946. The van der Waals surface area contributed by atoms with Gasteiger partial charge in [0.25, 0.3) is 0 Å². The Kier molecular flexibility index (Phi) is 16.1. The molecular weight excluding hydrogens is 520 g/mol. The van der Waals surface area contributed by atoms with E-state index in [0.29, 0.717) is 10.8 Å². The second-order valence-corrected chi connectivity index (χ2v) is 16.7. The Morgan fingerprint density at radius 1 is 0.738 bits per heavy atom. The summed E-state index contributed by atoms with van der Waals surface area (Å²) >= 11 is 0. The third kappa shape index (κ3) is 15.1. The zero-order valence-electron chi connectivity index (χ0n) is 30.2. The lowest BCUT2D eigenvalue weighted by Gasteiger charge is -2.37. The maximum absolute atomic E-state index is 11.0. The lowest BCUT2D eigenvalue weighted by Crippen LogP contribution is -2.38. The van der Waals surface area contributed by atoms with E-state index < -0.39 is 0 Å². The van der Waals surface area contributed by atoms with Gasteiger partial charge in [0.2, 0.25) is 11.8 Å². The molecule has 2 heterocycles. The smallest absolute Gasteiger partial charge is 0.219 e. The number of hydrogen-bond acceptors (Lipinski definition) is 3. The molecule has 2 aliphatic heterocycles. The van der Waals surface area contributed by atoms with Crippen LogP contribution in [-0.4, -0.2) is 58.5 Å². The van der Waals surface area contributed by atoms with Gasteiger partial charge in [0.15, 0.2) is 0 Å². The Hall–Kier alpha value is -1.10. The Morgan fingerprint density at radius 3 is 1.43 bits per heavy atom. The van der Waals surface area contributed by atoms with E-state index in [1.54, 1.807) is 13.8 Å². The van der Waals surface area contributed by atoms with Crippen LogP contribution in [0.5, 0.6) is 0 Å². The van der Waals surface area contributed by atoms with Crippen molar-refractivity contribution in [2.45, 2.75) is 159 Å². The normalized spacial score (nSPS) is 23.4. The lowest BCUT2D eigenvalue weighted by molar-refractivity contribution is -0.130. The van der Waals surface area contributed by atoms with Crippen molar-refractivity contribution in [3.05, 3.63) is 0 Å². The molecule has 0 spiro atoms. The van der Waals surface area contributed by atoms with E-state index in [4.69, 9.17) is 0 Å². The monoisotopic (exact) mass is 593 g/mol. The first kappa shape index (κ1) is 38.9. The van der Waals surface area contributed by atoms with Crippen LogP contribution in [0.2, 0.25) is 0 Å². The van der Waals surface area contributed by atoms with Gasteiger partial charge in [-0.15, -0.1) is 0 Å². The highest BCUT2D eigenvalue weighted by atomic mass is 16.3. The Labute approximate surface area is 262 Å². The number of hydrogen-bond donors (Lipinski definition) is 1. The third-order valence-electron chi connectivity index (χ3n) is 10.6. The number of nitrogens with zero attached hydrogens (tertiary/aromatic N) is 2. The first-order valence-electron chi connectivity index (χ1n) is 17.5. The van der Waals surface area contributed by atoms with E-state index in [9.17, 15) is 14.7 Å². The molecule has 2 aliphatic carbocycles. The predicted octanol–water partition coefficient (Wildman–Crippen LogP) is 8.97. The van der Waals surface area contributed by atoms with Gasteiger partial charge < -0.3 is 14.9 Å². The third-order valence-corrected chi connectivity index (χ3v) is 10.6. The second kappa shape index (κ2) is 17.4. The summed E-state index contributed by atoms with van der Waals surface area (Å²) in [4.78, 5) is 25.8. The molecule has 0 aromatic rings. The molecular formula is C37H72N2O3. The van der Waals surface area contributed by atoms with Gasteiger partial charge in [0.05, 0.1) is 5.60 Å². The molecule has 5 nitrogen and oxygen atoms in total. The summed E-state index contributed by atoms with van der Waals surface area (Å²) in [6, 6.07) is 0. The average molecular weight is 593 g/mol. The van der Waals surface area contributed by atoms with Crippen molar-refractivity contribution >= 4 is 11.8 Å². The number of carbonyl (C=O) groups excluding carboxylic acids is 2. The molecule has 1 unspecified atom stereocenters. The van der Waals surface area contributed by atoms with Crippen LogP contribution in [0.25, 0.3) is 0 Å². The van der Waals surface area contributed by atoms with Crippen LogP contribution in [-0.2, 0) is 9.59 Å². The Bertz CT molecular complexity index is 776. The molecule has 0 aromatic heterocycles. The molecule has 0 radical (unpaired) electrons. The summed E-state index contributed by atoms with van der Waals surface area (Å²) in [6.07, 6.45) is 13.9. The van der Waals surface area contributed by atoms with E-state index in [1.165, 1.54) is 51.4 Å². The van der Waals surface area contributed by atoms with Crippen LogP contribution < -0.4 is 0 Å². The summed E-state index contributed by atoms with van der Waals surface area (Å²) < 4.78 is 0. The Morgan fingerprint density at radius 2 is 1.17 bits per heavy atom. The van der Waals surface area contributed by atoms with Crippen LogP contribution in [0.15, 0.2) is 0 Å². The molecule has 1 atom stereocenters. The number of piperidine rings is 1. The molecule has 4 rings (SSSR count). The van der Waals surface area contributed by atoms with Crippen molar-refractivity contribution in [1.29, 1.82) is 0 Å². The fourth-order valence-electron chi connectivity index (χ4n) is 6.74. The topological polar surface area (TPSA) is 60.9 Å².